The number of carbonyl (C=O) groups excluding carboxylic acids is 2. The largest absolute Gasteiger partial charge is 0.385 e. The number of hydrogen-bond acceptors (Lipinski definition) is 4. The van der Waals surface area contributed by atoms with Gasteiger partial charge in [-0.25, -0.2) is 4.79 Å². The van der Waals surface area contributed by atoms with E-state index in [9.17, 15) is 9.59 Å². The van der Waals surface area contributed by atoms with E-state index in [2.05, 4.69) is 20.9 Å². The molecule has 0 bridgehead atoms. The van der Waals surface area contributed by atoms with Crippen LogP contribution in [-0.4, -0.2) is 45.3 Å². The van der Waals surface area contributed by atoms with Gasteiger partial charge >= 0.3 is 6.03 Å². The molecule has 3 amide bonds. The van der Waals surface area contributed by atoms with Crippen molar-refractivity contribution in [2.75, 3.05) is 48.9 Å². The maximum Gasteiger partial charge on any atom is 0.323 e. The Hall–Kier alpha value is -3.06. The minimum atomic E-state index is -0.341. The Labute approximate surface area is 184 Å². The van der Waals surface area contributed by atoms with Gasteiger partial charge in [0.15, 0.2) is 0 Å². The zero-order valence-corrected chi connectivity index (χ0v) is 18.4. The first kappa shape index (κ1) is 22.6. The zero-order valence-electron chi connectivity index (χ0n) is 18.4. The first-order valence-electron chi connectivity index (χ1n) is 10.9. The van der Waals surface area contributed by atoms with E-state index < -0.39 is 0 Å². The van der Waals surface area contributed by atoms with Crippen LogP contribution >= 0.6 is 0 Å². The summed E-state index contributed by atoms with van der Waals surface area (Å²) in [6.45, 7) is 4.95. The summed E-state index contributed by atoms with van der Waals surface area (Å²) in [5, 5.41) is 8.68. The lowest BCUT2D eigenvalue weighted by molar-refractivity contribution is 0.0949. The predicted octanol–water partition coefficient (Wildman–Crippen LogP) is 4.40. The lowest BCUT2D eigenvalue weighted by Crippen LogP contribution is -2.33. The highest BCUT2D eigenvalue weighted by Crippen LogP contribution is 2.27. The van der Waals surface area contributed by atoms with Gasteiger partial charge in [-0.1, -0.05) is 18.2 Å². The van der Waals surface area contributed by atoms with Crippen LogP contribution in [0.15, 0.2) is 42.5 Å². The second-order valence-electron chi connectivity index (χ2n) is 7.78. The number of benzene rings is 2. The monoisotopic (exact) mass is 424 g/mol. The van der Waals surface area contributed by atoms with Gasteiger partial charge in [0.25, 0.3) is 5.91 Å². The van der Waals surface area contributed by atoms with Crippen molar-refractivity contribution >= 4 is 29.0 Å². The maximum absolute atomic E-state index is 12.9. The molecular weight excluding hydrogens is 392 g/mol. The number of piperidine rings is 1. The normalized spacial score (nSPS) is 13.5. The molecule has 0 spiro atoms. The molecule has 3 rings (SSSR count). The summed E-state index contributed by atoms with van der Waals surface area (Å²) in [5.74, 6) is -0.139. The summed E-state index contributed by atoms with van der Waals surface area (Å²) in [4.78, 5) is 27.7. The second-order valence-corrected chi connectivity index (χ2v) is 7.78. The van der Waals surface area contributed by atoms with E-state index in [1.54, 1.807) is 13.2 Å². The number of urea groups is 1. The number of anilines is 3. The number of nitrogens with one attached hydrogen (secondary N) is 3. The van der Waals surface area contributed by atoms with Crippen molar-refractivity contribution in [1.29, 1.82) is 0 Å². The van der Waals surface area contributed by atoms with Crippen LogP contribution < -0.4 is 20.9 Å². The van der Waals surface area contributed by atoms with E-state index >= 15 is 0 Å². The van der Waals surface area contributed by atoms with E-state index in [-0.39, 0.29) is 11.9 Å². The second kappa shape index (κ2) is 11.4. The smallest absolute Gasteiger partial charge is 0.323 e. The molecule has 1 saturated heterocycles. The number of carbonyl (C=O) groups is 2. The fourth-order valence-electron chi connectivity index (χ4n) is 3.72. The molecule has 31 heavy (non-hydrogen) atoms. The number of aryl methyl sites for hydroxylation is 1. The Kier molecular flexibility index (Phi) is 8.29. The number of rotatable bonds is 8. The maximum atomic E-state index is 12.9. The Balaban J connectivity index is 1.75. The third-order valence-corrected chi connectivity index (χ3v) is 5.40. The van der Waals surface area contributed by atoms with Crippen LogP contribution in [0.25, 0.3) is 0 Å². The first-order valence-corrected chi connectivity index (χ1v) is 10.9. The Morgan fingerprint density at radius 1 is 1.03 bits per heavy atom. The van der Waals surface area contributed by atoms with Crippen LogP contribution in [0.5, 0.6) is 0 Å². The van der Waals surface area contributed by atoms with Gasteiger partial charge in [0.05, 0.1) is 5.56 Å². The molecule has 0 radical (unpaired) electrons. The van der Waals surface area contributed by atoms with Crippen molar-refractivity contribution in [3.63, 3.8) is 0 Å². The Morgan fingerprint density at radius 2 is 1.81 bits per heavy atom. The third kappa shape index (κ3) is 6.46. The van der Waals surface area contributed by atoms with E-state index in [4.69, 9.17) is 4.74 Å². The number of nitrogens with zero attached hydrogens (tertiary/aromatic N) is 1. The van der Waals surface area contributed by atoms with Crippen LogP contribution in [0.1, 0.15) is 41.6 Å². The molecule has 1 heterocycles. The highest BCUT2D eigenvalue weighted by molar-refractivity contribution is 6.04. The average Bonchev–Trinajstić information content (AvgIpc) is 2.78. The third-order valence-electron chi connectivity index (χ3n) is 5.40. The van der Waals surface area contributed by atoms with Gasteiger partial charge in [-0.3, -0.25) is 4.79 Å². The van der Waals surface area contributed by atoms with Crippen molar-refractivity contribution in [1.82, 2.24) is 5.32 Å². The summed E-state index contributed by atoms with van der Waals surface area (Å²) in [5.41, 5.74) is 3.80. The molecule has 7 nitrogen and oxygen atoms in total. The van der Waals surface area contributed by atoms with Gasteiger partial charge < -0.3 is 25.6 Å². The van der Waals surface area contributed by atoms with Gasteiger partial charge in [0.1, 0.15) is 0 Å². The quantitative estimate of drug-likeness (QED) is 0.549. The van der Waals surface area contributed by atoms with E-state index in [1.807, 2.05) is 43.3 Å². The molecule has 0 atom stereocenters. The summed E-state index contributed by atoms with van der Waals surface area (Å²) in [7, 11) is 1.65. The standard InChI is InChI=1S/C24H32N4O3/c1-18-9-4-5-10-21(18)27-24(30)26-19-11-12-22(28-14-6-3-7-15-28)20(17-19)23(29)25-13-8-16-31-2/h4-5,9-12,17H,3,6-8,13-16H2,1-2H3,(H,25,29)(H2,26,27,30). The highest BCUT2D eigenvalue weighted by Gasteiger charge is 2.19. The van der Waals surface area contributed by atoms with Crippen molar-refractivity contribution in [3.8, 4) is 0 Å². The SMILES string of the molecule is COCCCNC(=O)c1cc(NC(=O)Nc2ccccc2C)ccc1N1CCCCC1. The van der Waals surface area contributed by atoms with Gasteiger partial charge in [-0.05, 0) is 62.4 Å². The highest BCUT2D eigenvalue weighted by atomic mass is 16.5. The minimum Gasteiger partial charge on any atom is -0.385 e. The fourth-order valence-corrected chi connectivity index (χ4v) is 3.72. The molecule has 3 N–H and O–H groups in total. The van der Waals surface area contributed by atoms with Crippen LogP contribution in [0, 0.1) is 6.92 Å². The molecule has 0 aliphatic carbocycles. The summed E-state index contributed by atoms with van der Waals surface area (Å²) in [6, 6.07) is 12.8. The van der Waals surface area contributed by atoms with Crippen LogP contribution in [-0.2, 0) is 4.74 Å². The lowest BCUT2D eigenvalue weighted by Gasteiger charge is -2.30. The molecule has 0 unspecified atom stereocenters. The van der Waals surface area contributed by atoms with Crippen LogP contribution in [0.4, 0.5) is 21.9 Å². The first-order chi connectivity index (χ1) is 15.1. The molecule has 1 aliphatic rings. The number of para-hydroxylation sites is 1. The molecule has 2 aromatic rings. The molecule has 0 aromatic heterocycles. The van der Waals surface area contributed by atoms with Crippen molar-refractivity contribution < 1.29 is 14.3 Å². The summed E-state index contributed by atoms with van der Waals surface area (Å²) >= 11 is 0. The van der Waals surface area contributed by atoms with Gasteiger partial charge in [0, 0.05) is 50.4 Å². The van der Waals surface area contributed by atoms with Crippen molar-refractivity contribution in [3.05, 3.63) is 53.6 Å². The van der Waals surface area contributed by atoms with Crippen molar-refractivity contribution in [2.24, 2.45) is 0 Å². The summed E-state index contributed by atoms with van der Waals surface area (Å²) in [6.07, 6.45) is 4.20. The number of ether oxygens (including phenoxy) is 1. The minimum absolute atomic E-state index is 0.139. The van der Waals surface area contributed by atoms with Crippen molar-refractivity contribution in [2.45, 2.75) is 32.6 Å². The van der Waals surface area contributed by atoms with E-state index in [0.29, 0.717) is 24.4 Å². The van der Waals surface area contributed by atoms with Gasteiger partial charge in [-0.2, -0.15) is 0 Å². The van der Waals surface area contributed by atoms with Gasteiger partial charge in [0.2, 0.25) is 0 Å². The van der Waals surface area contributed by atoms with Crippen LogP contribution in [0.3, 0.4) is 0 Å². The van der Waals surface area contributed by atoms with Gasteiger partial charge in [-0.15, -0.1) is 0 Å². The molecule has 0 saturated carbocycles. The van der Waals surface area contributed by atoms with E-state index in [1.165, 1.54) is 6.42 Å². The molecule has 7 heteroatoms. The average molecular weight is 425 g/mol. The lowest BCUT2D eigenvalue weighted by atomic mass is 10.1. The Morgan fingerprint density at radius 3 is 2.55 bits per heavy atom. The molecule has 2 aromatic carbocycles. The topological polar surface area (TPSA) is 82.7 Å². The fraction of sp³-hybridized carbons (Fsp3) is 0.417. The zero-order chi connectivity index (χ0) is 22.1. The van der Waals surface area contributed by atoms with E-state index in [0.717, 1.165) is 49.3 Å². The predicted molar refractivity (Wildman–Crippen MR) is 125 cm³/mol. The number of methoxy groups -OCH3 is 1. The summed E-state index contributed by atoms with van der Waals surface area (Å²) < 4.78 is 5.05. The molecule has 1 fully saturated rings. The number of hydrogen-bond donors (Lipinski definition) is 3. The molecular formula is C24H32N4O3. The molecule has 166 valence electrons. The van der Waals surface area contributed by atoms with Crippen LogP contribution in [0.2, 0.25) is 0 Å². The Bertz CT molecular complexity index is 894. The number of amides is 3. The molecule has 1 aliphatic heterocycles.